The number of amides is 1. The van der Waals surface area contributed by atoms with Gasteiger partial charge in [0.2, 0.25) is 5.91 Å². The van der Waals surface area contributed by atoms with E-state index in [0.29, 0.717) is 6.42 Å². The molecule has 18 heavy (non-hydrogen) atoms. The van der Waals surface area contributed by atoms with Gasteiger partial charge < -0.3 is 15.7 Å². The smallest absolute Gasteiger partial charge is 0.224 e. The largest absolute Gasteiger partial charge is 0.508 e. The second-order valence-electron chi connectivity index (χ2n) is 4.81. The van der Waals surface area contributed by atoms with E-state index in [-0.39, 0.29) is 17.7 Å². The summed E-state index contributed by atoms with van der Waals surface area (Å²) in [4.78, 5) is 11.9. The molecule has 1 unspecified atom stereocenters. The molecule has 1 aliphatic heterocycles. The van der Waals surface area contributed by atoms with Crippen LogP contribution < -0.4 is 10.6 Å². The minimum absolute atomic E-state index is 0.0225. The Bertz CT molecular complexity index is 399. The van der Waals surface area contributed by atoms with E-state index >= 15 is 0 Å². The van der Waals surface area contributed by atoms with E-state index in [4.69, 9.17) is 0 Å². The third-order valence-corrected chi connectivity index (χ3v) is 3.19. The second-order valence-corrected chi connectivity index (χ2v) is 4.81. The number of rotatable bonds is 3. The van der Waals surface area contributed by atoms with Crippen molar-refractivity contribution in [1.82, 2.24) is 10.6 Å². The molecule has 0 spiro atoms. The molecule has 4 heteroatoms. The van der Waals surface area contributed by atoms with Gasteiger partial charge in [0.05, 0.1) is 6.42 Å². The predicted molar refractivity (Wildman–Crippen MR) is 70.5 cm³/mol. The summed E-state index contributed by atoms with van der Waals surface area (Å²) in [7, 11) is 0. The van der Waals surface area contributed by atoms with Crippen LogP contribution in [-0.2, 0) is 11.2 Å². The Kier molecular flexibility index (Phi) is 4.59. The fourth-order valence-corrected chi connectivity index (χ4v) is 2.27. The maximum Gasteiger partial charge on any atom is 0.224 e. The molecule has 0 bridgehead atoms. The molecule has 0 aromatic heterocycles. The molecular formula is C14H20N2O2. The number of hydrogen-bond acceptors (Lipinski definition) is 3. The van der Waals surface area contributed by atoms with Crippen molar-refractivity contribution < 1.29 is 9.90 Å². The molecule has 0 saturated carbocycles. The zero-order valence-corrected chi connectivity index (χ0v) is 10.5. The van der Waals surface area contributed by atoms with E-state index in [2.05, 4.69) is 10.6 Å². The Balaban J connectivity index is 1.84. The lowest BCUT2D eigenvalue weighted by molar-refractivity contribution is -0.121. The summed E-state index contributed by atoms with van der Waals surface area (Å²) in [5.41, 5.74) is 0.842. The van der Waals surface area contributed by atoms with Crippen molar-refractivity contribution in [2.45, 2.75) is 31.7 Å². The number of benzene rings is 1. The number of carbonyl (C=O) groups excluding carboxylic acids is 1. The minimum Gasteiger partial charge on any atom is -0.508 e. The molecular weight excluding hydrogens is 228 g/mol. The Hall–Kier alpha value is -1.55. The van der Waals surface area contributed by atoms with E-state index in [1.54, 1.807) is 18.2 Å². The van der Waals surface area contributed by atoms with E-state index in [9.17, 15) is 9.90 Å². The highest BCUT2D eigenvalue weighted by atomic mass is 16.3. The molecule has 0 aliphatic carbocycles. The van der Waals surface area contributed by atoms with Crippen molar-refractivity contribution in [3.8, 4) is 5.75 Å². The van der Waals surface area contributed by atoms with Gasteiger partial charge in [0.1, 0.15) is 5.75 Å². The lowest BCUT2D eigenvalue weighted by Crippen LogP contribution is -2.41. The van der Waals surface area contributed by atoms with Gasteiger partial charge in [-0.15, -0.1) is 0 Å². The number of phenolic OH excluding ortho intramolecular Hbond substituents is 1. The summed E-state index contributed by atoms with van der Waals surface area (Å²) < 4.78 is 0. The first-order valence-electron chi connectivity index (χ1n) is 6.52. The fraction of sp³-hybridized carbons (Fsp3) is 0.500. The number of nitrogens with one attached hydrogen (secondary N) is 2. The summed E-state index contributed by atoms with van der Waals surface area (Å²) in [6.07, 6.45) is 3.70. The van der Waals surface area contributed by atoms with Crippen molar-refractivity contribution in [2.24, 2.45) is 0 Å². The average Bonchev–Trinajstić information content (AvgIpc) is 2.57. The summed E-state index contributed by atoms with van der Waals surface area (Å²) in [6, 6.07) is 7.08. The monoisotopic (exact) mass is 248 g/mol. The molecule has 1 atom stereocenters. The summed E-state index contributed by atoms with van der Waals surface area (Å²) in [5.74, 6) is 0.228. The number of aromatic hydroxyl groups is 1. The Morgan fingerprint density at radius 3 is 3.17 bits per heavy atom. The van der Waals surface area contributed by atoms with Crippen molar-refractivity contribution in [2.75, 3.05) is 13.1 Å². The molecule has 4 nitrogen and oxygen atoms in total. The van der Waals surface area contributed by atoms with Gasteiger partial charge in [-0.3, -0.25) is 4.79 Å². The maximum absolute atomic E-state index is 11.9. The summed E-state index contributed by atoms with van der Waals surface area (Å²) >= 11 is 0. The van der Waals surface area contributed by atoms with Crippen LogP contribution in [0.2, 0.25) is 0 Å². The zero-order chi connectivity index (χ0) is 12.8. The van der Waals surface area contributed by atoms with Crippen LogP contribution in [0.3, 0.4) is 0 Å². The van der Waals surface area contributed by atoms with Crippen LogP contribution in [-0.4, -0.2) is 30.1 Å². The molecule has 1 amide bonds. The number of carbonyl (C=O) groups is 1. The third kappa shape index (κ3) is 4.04. The van der Waals surface area contributed by atoms with Crippen LogP contribution in [0.1, 0.15) is 24.8 Å². The Morgan fingerprint density at radius 1 is 1.44 bits per heavy atom. The quantitative estimate of drug-likeness (QED) is 0.753. The van der Waals surface area contributed by atoms with Gasteiger partial charge >= 0.3 is 0 Å². The zero-order valence-electron chi connectivity index (χ0n) is 10.5. The first-order chi connectivity index (χ1) is 8.74. The van der Waals surface area contributed by atoms with E-state index < -0.39 is 0 Å². The highest BCUT2D eigenvalue weighted by Gasteiger charge is 2.14. The molecule has 1 aliphatic rings. The summed E-state index contributed by atoms with van der Waals surface area (Å²) in [5, 5.41) is 15.7. The van der Waals surface area contributed by atoms with Gasteiger partial charge in [0.15, 0.2) is 0 Å². The fourth-order valence-electron chi connectivity index (χ4n) is 2.27. The van der Waals surface area contributed by atoms with Crippen LogP contribution in [0, 0.1) is 0 Å². The molecule has 1 fully saturated rings. The highest BCUT2D eigenvalue weighted by molar-refractivity contribution is 5.79. The number of hydrogen-bond donors (Lipinski definition) is 3. The second kappa shape index (κ2) is 6.40. The highest BCUT2D eigenvalue weighted by Crippen LogP contribution is 2.11. The molecule has 3 N–H and O–H groups in total. The minimum atomic E-state index is 0.0225. The van der Waals surface area contributed by atoms with Crippen LogP contribution in [0.4, 0.5) is 0 Å². The molecule has 1 aromatic carbocycles. The van der Waals surface area contributed by atoms with Crippen molar-refractivity contribution in [3.05, 3.63) is 29.8 Å². The maximum atomic E-state index is 11.9. The van der Waals surface area contributed by atoms with Gasteiger partial charge in [-0.2, -0.15) is 0 Å². The van der Waals surface area contributed by atoms with Crippen molar-refractivity contribution >= 4 is 5.91 Å². The van der Waals surface area contributed by atoms with Gasteiger partial charge in [0, 0.05) is 12.6 Å². The molecule has 1 aromatic rings. The van der Waals surface area contributed by atoms with E-state index in [1.165, 1.54) is 6.42 Å². The SMILES string of the molecule is O=C(Cc1cccc(O)c1)NC1CCCCNC1. The van der Waals surface area contributed by atoms with Gasteiger partial charge in [-0.25, -0.2) is 0 Å². The Labute approximate surface area is 107 Å². The van der Waals surface area contributed by atoms with Crippen molar-refractivity contribution in [1.29, 1.82) is 0 Å². The molecule has 1 heterocycles. The molecule has 2 rings (SSSR count). The van der Waals surface area contributed by atoms with Gasteiger partial charge in [0.25, 0.3) is 0 Å². The normalized spacial score (nSPS) is 20.1. The average molecular weight is 248 g/mol. The van der Waals surface area contributed by atoms with Gasteiger partial charge in [-0.05, 0) is 37.1 Å². The predicted octanol–water partition coefficient (Wildman–Crippen LogP) is 1.19. The van der Waals surface area contributed by atoms with Crippen LogP contribution in [0.5, 0.6) is 5.75 Å². The lowest BCUT2D eigenvalue weighted by atomic mass is 10.1. The first-order valence-corrected chi connectivity index (χ1v) is 6.52. The van der Waals surface area contributed by atoms with Crippen LogP contribution in [0.25, 0.3) is 0 Å². The number of phenols is 1. The van der Waals surface area contributed by atoms with Crippen molar-refractivity contribution in [3.63, 3.8) is 0 Å². The standard InChI is InChI=1S/C14H20N2O2/c17-13-6-3-4-11(8-13)9-14(18)16-12-5-1-2-7-15-10-12/h3-4,6,8,12,15,17H,1-2,5,7,9-10H2,(H,16,18). The van der Waals surface area contributed by atoms with E-state index in [1.807, 2.05) is 6.07 Å². The first kappa shape index (κ1) is 12.9. The van der Waals surface area contributed by atoms with Gasteiger partial charge in [-0.1, -0.05) is 18.6 Å². The molecule has 1 saturated heterocycles. The molecule has 98 valence electrons. The van der Waals surface area contributed by atoms with Crippen LogP contribution >= 0.6 is 0 Å². The molecule has 0 radical (unpaired) electrons. The van der Waals surface area contributed by atoms with Crippen LogP contribution in [0.15, 0.2) is 24.3 Å². The van der Waals surface area contributed by atoms with E-state index in [0.717, 1.165) is 31.5 Å². The third-order valence-electron chi connectivity index (χ3n) is 3.19. The summed E-state index contributed by atoms with van der Waals surface area (Å²) in [6.45, 7) is 1.89. The topological polar surface area (TPSA) is 61.4 Å². The Morgan fingerprint density at radius 2 is 2.33 bits per heavy atom. The lowest BCUT2D eigenvalue weighted by Gasteiger charge is -2.16.